The molecule has 0 bridgehead atoms. The molecule has 3 heterocycles. The van der Waals surface area contributed by atoms with Crippen LogP contribution < -0.4 is 4.74 Å². The minimum Gasteiger partial charge on any atom is -0.510 e. The van der Waals surface area contributed by atoms with Gasteiger partial charge in [0.2, 0.25) is 5.91 Å². The average Bonchev–Trinajstić information content (AvgIpc) is 3.42. The summed E-state index contributed by atoms with van der Waals surface area (Å²) in [5.74, 6) is 1.49. The van der Waals surface area contributed by atoms with Gasteiger partial charge >= 0.3 is 0 Å². The number of nitrogens with one attached hydrogen (secondary N) is 1. The Hall–Kier alpha value is -2.87. The topological polar surface area (TPSA) is 89.8 Å². The zero-order valence-corrected chi connectivity index (χ0v) is 17.2. The standard InChI is InChI=1S/C21H24N4O3S/c1-28-15-7-5-14(6-8-15)16-13-29-21(23-16)19-17(26)12-25(20(19)22)11-3-10-24-9-2-4-18(24)27/h5-8,13,22,26H,2-4,9-12H2,1H3. The van der Waals surface area contributed by atoms with Crippen LogP contribution in [0.1, 0.15) is 24.3 Å². The summed E-state index contributed by atoms with van der Waals surface area (Å²) in [5.41, 5.74) is 2.28. The smallest absolute Gasteiger partial charge is 0.222 e. The highest BCUT2D eigenvalue weighted by atomic mass is 32.1. The molecule has 0 saturated carbocycles. The fourth-order valence-corrected chi connectivity index (χ4v) is 4.62. The van der Waals surface area contributed by atoms with Crippen LogP contribution in [-0.2, 0) is 4.79 Å². The van der Waals surface area contributed by atoms with E-state index in [-0.39, 0.29) is 11.7 Å². The van der Waals surface area contributed by atoms with E-state index in [1.54, 1.807) is 7.11 Å². The second-order valence-corrected chi connectivity index (χ2v) is 8.05. The zero-order valence-electron chi connectivity index (χ0n) is 16.4. The molecule has 0 atom stereocenters. The molecule has 0 radical (unpaired) electrons. The highest BCUT2D eigenvalue weighted by molar-refractivity contribution is 7.11. The minimum atomic E-state index is 0.183. The number of carbonyl (C=O) groups is 1. The molecule has 7 nitrogen and oxygen atoms in total. The third-order valence-corrected chi connectivity index (χ3v) is 6.17. The van der Waals surface area contributed by atoms with Crippen LogP contribution in [0.2, 0.25) is 0 Å². The molecule has 2 N–H and O–H groups in total. The number of aliphatic hydroxyl groups is 1. The Bertz CT molecular complexity index is 951. The van der Waals surface area contributed by atoms with Gasteiger partial charge in [0.15, 0.2) is 0 Å². The normalized spacial score (nSPS) is 17.0. The number of ether oxygens (including phenoxy) is 1. The monoisotopic (exact) mass is 412 g/mol. The maximum absolute atomic E-state index is 11.7. The van der Waals surface area contributed by atoms with E-state index in [9.17, 15) is 9.90 Å². The fourth-order valence-electron chi connectivity index (χ4n) is 3.73. The van der Waals surface area contributed by atoms with E-state index in [1.807, 2.05) is 39.4 Å². The summed E-state index contributed by atoms with van der Waals surface area (Å²) in [7, 11) is 1.63. The maximum atomic E-state index is 11.7. The van der Waals surface area contributed by atoms with Crippen molar-refractivity contribution in [2.24, 2.45) is 0 Å². The highest BCUT2D eigenvalue weighted by Gasteiger charge is 2.30. The summed E-state index contributed by atoms with van der Waals surface area (Å²) in [4.78, 5) is 20.1. The van der Waals surface area contributed by atoms with Crippen molar-refractivity contribution in [2.75, 3.05) is 33.3 Å². The molecular formula is C21H24N4O3S. The molecule has 2 aromatic rings. The molecule has 2 aliphatic rings. The number of carbonyl (C=O) groups excluding carboxylic acids is 1. The van der Waals surface area contributed by atoms with Gasteiger partial charge in [-0.05, 0) is 37.1 Å². The van der Waals surface area contributed by atoms with Crippen LogP contribution in [0.3, 0.4) is 0 Å². The summed E-state index contributed by atoms with van der Waals surface area (Å²) >= 11 is 1.43. The van der Waals surface area contributed by atoms with Gasteiger partial charge in [0.05, 0.1) is 24.9 Å². The molecule has 1 amide bonds. The number of rotatable bonds is 7. The van der Waals surface area contributed by atoms with Crippen molar-refractivity contribution in [3.63, 3.8) is 0 Å². The SMILES string of the molecule is COc1ccc(-c2csc(C3=C(O)CN(CCCN4CCCC4=O)C3=N)n2)cc1. The second kappa shape index (κ2) is 8.24. The number of likely N-dealkylation sites (tertiary alicyclic amines) is 1. The number of benzene rings is 1. The molecule has 1 aromatic heterocycles. The first-order chi connectivity index (χ1) is 14.1. The first-order valence-electron chi connectivity index (χ1n) is 9.71. The number of hydrogen-bond acceptors (Lipinski definition) is 6. The van der Waals surface area contributed by atoms with E-state index in [0.29, 0.717) is 42.5 Å². The van der Waals surface area contributed by atoms with Crippen molar-refractivity contribution >= 4 is 28.7 Å². The van der Waals surface area contributed by atoms with E-state index in [4.69, 9.17) is 10.1 Å². The number of nitrogens with zero attached hydrogens (tertiary/aromatic N) is 3. The lowest BCUT2D eigenvalue weighted by molar-refractivity contribution is -0.127. The van der Waals surface area contributed by atoms with Crippen molar-refractivity contribution in [1.82, 2.24) is 14.8 Å². The Balaban J connectivity index is 1.40. The van der Waals surface area contributed by atoms with Gasteiger partial charge in [-0.3, -0.25) is 10.2 Å². The van der Waals surface area contributed by atoms with Crippen molar-refractivity contribution < 1.29 is 14.6 Å². The molecule has 2 aliphatic heterocycles. The second-order valence-electron chi connectivity index (χ2n) is 7.20. The third kappa shape index (κ3) is 3.98. The van der Waals surface area contributed by atoms with Gasteiger partial charge in [0, 0.05) is 37.0 Å². The lowest BCUT2D eigenvalue weighted by Crippen LogP contribution is -2.32. The van der Waals surface area contributed by atoms with E-state index in [2.05, 4.69) is 4.98 Å². The summed E-state index contributed by atoms with van der Waals surface area (Å²) in [6.45, 7) is 2.49. The van der Waals surface area contributed by atoms with Crippen LogP contribution in [0.25, 0.3) is 16.8 Å². The maximum Gasteiger partial charge on any atom is 0.222 e. The molecule has 1 aromatic carbocycles. The van der Waals surface area contributed by atoms with E-state index in [1.165, 1.54) is 11.3 Å². The predicted octanol–water partition coefficient (Wildman–Crippen LogP) is 3.39. The van der Waals surface area contributed by atoms with Gasteiger partial charge in [-0.1, -0.05) is 0 Å². The number of amidine groups is 1. The summed E-state index contributed by atoms with van der Waals surface area (Å²) in [6.07, 6.45) is 2.36. The van der Waals surface area contributed by atoms with Crippen LogP contribution in [0.15, 0.2) is 35.4 Å². The van der Waals surface area contributed by atoms with Gasteiger partial charge in [-0.15, -0.1) is 11.3 Å². The molecular weight excluding hydrogens is 388 g/mol. The first kappa shape index (κ1) is 19.4. The van der Waals surface area contributed by atoms with Gasteiger partial charge < -0.3 is 19.6 Å². The van der Waals surface area contributed by atoms with Gasteiger partial charge in [0.1, 0.15) is 22.4 Å². The first-order valence-corrected chi connectivity index (χ1v) is 10.6. The average molecular weight is 413 g/mol. The van der Waals surface area contributed by atoms with Crippen LogP contribution in [0.5, 0.6) is 5.75 Å². The molecule has 8 heteroatoms. The van der Waals surface area contributed by atoms with Crippen molar-refractivity contribution in [3.05, 3.63) is 40.4 Å². The Morgan fingerprint density at radius 3 is 2.69 bits per heavy atom. The van der Waals surface area contributed by atoms with Gasteiger partial charge in [-0.25, -0.2) is 4.98 Å². The van der Waals surface area contributed by atoms with Crippen molar-refractivity contribution in [2.45, 2.75) is 19.3 Å². The number of amides is 1. The van der Waals surface area contributed by atoms with E-state index >= 15 is 0 Å². The molecule has 29 heavy (non-hydrogen) atoms. The fraction of sp³-hybridized carbons (Fsp3) is 0.381. The Labute approximate surface area is 173 Å². The van der Waals surface area contributed by atoms with Crippen molar-refractivity contribution in [3.8, 4) is 17.0 Å². The van der Waals surface area contributed by atoms with Gasteiger partial charge in [0.25, 0.3) is 0 Å². The quantitative estimate of drug-likeness (QED) is 0.728. The van der Waals surface area contributed by atoms with Crippen molar-refractivity contribution in [1.29, 1.82) is 5.41 Å². The molecule has 0 spiro atoms. The Morgan fingerprint density at radius 2 is 2.00 bits per heavy atom. The largest absolute Gasteiger partial charge is 0.510 e. The molecule has 152 valence electrons. The third-order valence-electron chi connectivity index (χ3n) is 5.31. The summed E-state index contributed by atoms with van der Waals surface area (Å²) < 4.78 is 5.19. The number of methoxy groups -OCH3 is 1. The number of thiazole rings is 1. The number of aromatic nitrogens is 1. The lowest BCUT2D eigenvalue weighted by atomic mass is 10.1. The van der Waals surface area contributed by atoms with Gasteiger partial charge in [-0.2, -0.15) is 0 Å². The summed E-state index contributed by atoms with van der Waals surface area (Å²) in [5, 5.41) is 21.6. The molecule has 0 unspecified atom stereocenters. The van der Waals surface area contributed by atoms with Crippen LogP contribution in [0.4, 0.5) is 0 Å². The van der Waals surface area contributed by atoms with Crippen LogP contribution >= 0.6 is 11.3 Å². The van der Waals surface area contributed by atoms with Crippen LogP contribution in [0, 0.1) is 5.41 Å². The Kier molecular flexibility index (Phi) is 5.53. The molecule has 1 saturated heterocycles. The Morgan fingerprint density at radius 1 is 1.24 bits per heavy atom. The summed E-state index contributed by atoms with van der Waals surface area (Å²) in [6, 6.07) is 7.65. The van der Waals surface area contributed by atoms with Crippen LogP contribution in [-0.4, -0.2) is 64.9 Å². The number of hydrogen-bond donors (Lipinski definition) is 2. The lowest BCUT2D eigenvalue weighted by Gasteiger charge is -2.21. The van der Waals surface area contributed by atoms with E-state index < -0.39 is 0 Å². The zero-order chi connectivity index (χ0) is 20.4. The van der Waals surface area contributed by atoms with E-state index in [0.717, 1.165) is 36.4 Å². The molecule has 0 aliphatic carbocycles. The molecule has 1 fully saturated rings. The number of aliphatic hydroxyl groups excluding tert-OH is 1. The minimum absolute atomic E-state index is 0.183. The molecule has 4 rings (SSSR count). The predicted molar refractivity (Wildman–Crippen MR) is 113 cm³/mol. The highest BCUT2D eigenvalue weighted by Crippen LogP contribution is 2.32.